The summed E-state index contributed by atoms with van der Waals surface area (Å²) in [4.78, 5) is 0. The Labute approximate surface area is 94.5 Å². The lowest BCUT2D eigenvalue weighted by Gasteiger charge is -2.11. The molecule has 0 aliphatic rings. The van der Waals surface area contributed by atoms with Crippen LogP contribution < -0.4 is 0 Å². The maximum Gasteiger partial charge on any atom is 0.111 e. The lowest BCUT2D eigenvalue weighted by Crippen LogP contribution is -2.07. The Balaban J connectivity index is 2.24. The van der Waals surface area contributed by atoms with Gasteiger partial charge >= 0.3 is 0 Å². The van der Waals surface area contributed by atoms with Crippen LogP contribution in [0.2, 0.25) is 0 Å². The Kier molecular flexibility index (Phi) is 3.01. The Hall–Kier alpha value is -1.68. The van der Waals surface area contributed by atoms with Crippen molar-refractivity contribution in [3.05, 3.63) is 47.8 Å². The molecule has 4 nitrogen and oxygen atoms in total. The summed E-state index contributed by atoms with van der Waals surface area (Å²) >= 11 is 0. The van der Waals surface area contributed by atoms with Crippen LogP contribution in [0.4, 0.5) is 0 Å². The number of aliphatic hydroxyl groups is 1. The second-order valence-electron chi connectivity index (χ2n) is 3.89. The molecule has 2 aromatic rings. The fourth-order valence-electron chi connectivity index (χ4n) is 1.56. The van der Waals surface area contributed by atoms with Crippen LogP contribution in [0.1, 0.15) is 37.3 Å². The number of rotatable bonds is 3. The molecule has 1 heterocycles. The zero-order valence-electron chi connectivity index (χ0n) is 9.41. The van der Waals surface area contributed by atoms with Gasteiger partial charge in [0.2, 0.25) is 0 Å². The van der Waals surface area contributed by atoms with Crippen molar-refractivity contribution in [1.82, 2.24) is 15.0 Å². The summed E-state index contributed by atoms with van der Waals surface area (Å²) in [6.07, 6.45) is 1.21. The van der Waals surface area contributed by atoms with Gasteiger partial charge in [0.05, 0.1) is 18.3 Å². The van der Waals surface area contributed by atoms with Gasteiger partial charge in [0.1, 0.15) is 5.69 Å². The number of aliphatic hydroxyl groups excluding tert-OH is 1. The highest BCUT2D eigenvalue weighted by molar-refractivity contribution is 5.19. The van der Waals surface area contributed by atoms with E-state index in [1.54, 1.807) is 17.8 Å². The normalized spacial score (nSPS) is 14.7. The lowest BCUT2D eigenvalue weighted by molar-refractivity contribution is 0.194. The molecule has 0 amide bonds. The number of benzene rings is 1. The summed E-state index contributed by atoms with van der Waals surface area (Å²) in [5.41, 5.74) is 1.77. The molecule has 2 atom stereocenters. The fourth-order valence-corrected chi connectivity index (χ4v) is 1.56. The molecule has 0 fully saturated rings. The molecule has 0 aliphatic heterocycles. The van der Waals surface area contributed by atoms with Crippen molar-refractivity contribution in [2.45, 2.75) is 26.0 Å². The van der Waals surface area contributed by atoms with Crippen LogP contribution in [-0.4, -0.2) is 20.1 Å². The minimum absolute atomic E-state index is 0.126. The van der Waals surface area contributed by atoms with Gasteiger partial charge in [0, 0.05) is 0 Å². The molecule has 0 radical (unpaired) electrons. The van der Waals surface area contributed by atoms with Crippen LogP contribution in [0.25, 0.3) is 0 Å². The first-order chi connectivity index (χ1) is 7.68. The molecular formula is C12H15N3O. The first-order valence-corrected chi connectivity index (χ1v) is 5.33. The third-order valence-electron chi connectivity index (χ3n) is 2.63. The molecule has 0 saturated carbocycles. The average Bonchev–Trinajstić information content (AvgIpc) is 2.78. The van der Waals surface area contributed by atoms with Crippen LogP contribution in [-0.2, 0) is 0 Å². The monoisotopic (exact) mass is 217 g/mol. The van der Waals surface area contributed by atoms with Crippen molar-refractivity contribution < 1.29 is 5.11 Å². The number of hydrogen-bond acceptors (Lipinski definition) is 3. The van der Waals surface area contributed by atoms with Gasteiger partial charge in [-0.25, -0.2) is 4.68 Å². The molecule has 1 aromatic heterocycles. The van der Waals surface area contributed by atoms with E-state index in [4.69, 9.17) is 0 Å². The standard InChI is InChI=1S/C12H15N3O/c1-9(11-6-4-3-5-7-11)15-8-12(10(2)16)13-14-15/h3-10,16H,1-2H3. The zero-order valence-corrected chi connectivity index (χ0v) is 9.41. The molecule has 2 rings (SSSR count). The molecule has 4 heteroatoms. The average molecular weight is 217 g/mol. The first kappa shape index (κ1) is 10.8. The second-order valence-corrected chi connectivity index (χ2v) is 3.89. The highest BCUT2D eigenvalue weighted by atomic mass is 16.3. The number of aromatic nitrogens is 3. The first-order valence-electron chi connectivity index (χ1n) is 5.33. The highest BCUT2D eigenvalue weighted by Gasteiger charge is 2.11. The van der Waals surface area contributed by atoms with Crippen LogP contribution in [0.5, 0.6) is 0 Å². The van der Waals surface area contributed by atoms with Crippen LogP contribution in [0, 0.1) is 0 Å². The Morgan fingerprint density at radius 2 is 1.88 bits per heavy atom. The van der Waals surface area contributed by atoms with E-state index >= 15 is 0 Å². The smallest absolute Gasteiger partial charge is 0.111 e. The molecule has 0 saturated heterocycles. The van der Waals surface area contributed by atoms with Gasteiger partial charge in [-0.2, -0.15) is 0 Å². The van der Waals surface area contributed by atoms with Crippen molar-refractivity contribution in [2.24, 2.45) is 0 Å². The topological polar surface area (TPSA) is 50.9 Å². The van der Waals surface area contributed by atoms with Crippen molar-refractivity contribution >= 4 is 0 Å². The van der Waals surface area contributed by atoms with E-state index in [1.165, 1.54) is 5.56 Å². The van der Waals surface area contributed by atoms with E-state index in [-0.39, 0.29) is 6.04 Å². The maximum absolute atomic E-state index is 9.37. The molecular weight excluding hydrogens is 202 g/mol. The number of hydrogen-bond donors (Lipinski definition) is 1. The van der Waals surface area contributed by atoms with Crippen molar-refractivity contribution in [1.29, 1.82) is 0 Å². The van der Waals surface area contributed by atoms with Crippen molar-refractivity contribution in [2.75, 3.05) is 0 Å². The molecule has 1 N–H and O–H groups in total. The quantitative estimate of drug-likeness (QED) is 0.854. The van der Waals surface area contributed by atoms with Crippen molar-refractivity contribution in [3.8, 4) is 0 Å². The van der Waals surface area contributed by atoms with Crippen LogP contribution in [0.3, 0.4) is 0 Å². The summed E-state index contributed by atoms with van der Waals surface area (Å²) < 4.78 is 1.76. The van der Waals surface area contributed by atoms with Crippen molar-refractivity contribution in [3.63, 3.8) is 0 Å². The summed E-state index contributed by atoms with van der Waals surface area (Å²) in [5.74, 6) is 0. The molecule has 1 aromatic carbocycles. The molecule has 0 bridgehead atoms. The fraction of sp³-hybridized carbons (Fsp3) is 0.333. The third kappa shape index (κ3) is 2.12. The summed E-state index contributed by atoms with van der Waals surface area (Å²) in [5, 5.41) is 17.3. The zero-order chi connectivity index (χ0) is 11.5. The van der Waals surface area contributed by atoms with E-state index < -0.39 is 6.10 Å². The van der Waals surface area contributed by atoms with Crippen LogP contribution >= 0.6 is 0 Å². The molecule has 84 valence electrons. The van der Waals surface area contributed by atoms with Gasteiger partial charge in [-0.15, -0.1) is 5.10 Å². The minimum Gasteiger partial charge on any atom is -0.387 e. The third-order valence-corrected chi connectivity index (χ3v) is 2.63. The van der Waals surface area contributed by atoms with E-state index in [9.17, 15) is 5.11 Å². The lowest BCUT2D eigenvalue weighted by atomic mass is 10.1. The minimum atomic E-state index is -0.572. The van der Waals surface area contributed by atoms with Gasteiger partial charge in [-0.05, 0) is 19.4 Å². The van der Waals surface area contributed by atoms with Gasteiger partial charge < -0.3 is 5.11 Å². The van der Waals surface area contributed by atoms with Gasteiger partial charge in [-0.1, -0.05) is 35.5 Å². The summed E-state index contributed by atoms with van der Waals surface area (Å²) in [7, 11) is 0. The highest BCUT2D eigenvalue weighted by Crippen LogP contribution is 2.17. The molecule has 2 unspecified atom stereocenters. The van der Waals surface area contributed by atoms with E-state index in [0.717, 1.165) is 0 Å². The van der Waals surface area contributed by atoms with E-state index in [1.807, 2.05) is 30.3 Å². The van der Waals surface area contributed by atoms with Gasteiger partial charge in [0.25, 0.3) is 0 Å². The maximum atomic E-state index is 9.37. The van der Waals surface area contributed by atoms with E-state index in [0.29, 0.717) is 5.69 Å². The largest absolute Gasteiger partial charge is 0.387 e. The summed E-state index contributed by atoms with van der Waals surface area (Å²) in [6.45, 7) is 3.73. The summed E-state index contributed by atoms with van der Waals surface area (Å²) in [6, 6.07) is 10.2. The SMILES string of the molecule is CC(O)c1cn(C(C)c2ccccc2)nn1. The Morgan fingerprint density at radius 3 is 2.44 bits per heavy atom. The molecule has 0 spiro atoms. The number of nitrogens with zero attached hydrogens (tertiary/aromatic N) is 3. The predicted molar refractivity (Wildman–Crippen MR) is 60.9 cm³/mol. The van der Waals surface area contributed by atoms with E-state index in [2.05, 4.69) is 17.2 Å². The van der Waals surface area contributed by atoms with Crippen LogP contribution in [0.15, 0.2) is 36.5 Å². The second kappa shape index (κ2) is 4.45. The Bertz CT molecular complexity index is 450. The predicted octanol–water partition coefficient (Wildman–Crippen LogP) is 1.94. The van der Waals surface area contributed by atoms with Gasteiger partial charge in [0.15, 0.2) is 0 Å². The molecule has 16 heavy (non-hydrogen) atoms. The van der Waals surface area contributed by atoms with Gasteiger partial charge in [-0.3, -0.25) is 0 Å². The molecule has 0 aliphatic carbocycles. The Morgan fingerprint density at radius 1 is 1.19 bits per heavy atom.